The highest BCUT2D eigenvalue weighted by Gasteiger charge is 2.25. The molecule has 1 aliphatic carbocycles. The number of hydrogen-bond donors (Lipinski definition) is 2. The fraction of sp³-hybridized carbons (Fsp3) is 0.391. The van der Waals surface area contributed by atoms with Crippen LogP contribution in [0.4, 0.5) is 5.82 Å². The minimum atomic E-state index is 0.0958. The number of nitriles is 1. The third kappa shape index (κ3) is 4.16. The lowest BCUT2D eigenvalue weighted by Gasteiger charge is -2.28. The first-order valence-corrected chi connectivity index (χ1v) is 11.9. The third-order valence-electron chi connectivity index (χ3n) is 6.56. The first kappa shape index (κ1) is 21.4. The second-order valence-electron chi connectivity index (χ2n) is 8.58. The molecule has 1 fully saturated rings. The fourth-order valence-electron chi connectivity index (χ4n) is 4.61. The number of Topliss-reactive ketones (excluding diaryl/α,β-unsaturated/α-hetero) is 1. The van der Waals surface area contributed by atoms with Crippen molar-refractivity contribution in [3.8, 4) is 6.07 Å². The number of nitrogens with one attached hydrogen (secondary N) is 1. The van der Waals surface area contributed by atoms with Crippen LogP contribution in [-0.2, 0) is 17.8 Å². The van der Waals surface area contributed by atoms with Crippen LogP contribution >= 0.6 is 11.8 Å². The molecule has 9 nitrogen and oxygen atoms in total. The number of fused-ring (bicyclic) bond motifs is 2. The van der Waals surface area contributed by atoms with Gasteiger partial charge in [0.1, 0.15) is 6.07 Å². The van der Waals surface area contributed by atoms with Gasteiger partial charge >= 0.3 is 0 Å². The zero-order valence-corrected chi connectivity index (χ0v) is 18.9. The number of carbonyl (C=O) groups excluding carboxylic acids is 2. The van der Waals surface area contributed by atoms with E-state index in [1.807, 2.05) is 15.5 Å². The number of aromatic amines is 1. The number of aryl methyl sites for hydroxylation is 2. The van der Waals surface area contributed by atoms with E-state index in [-0.39, 0.29) is 5.78 Å². The van der Waals surface area contributed by atoms with E-state index in [9.17, 15) is 14.9 Å². The number of rotatable bonds is 6. The summed E-state index contributed by atoms with van der Waals surface area (Å²) in [6, 6.07) is 5.83. The van der Waals surface area contributed by atoms with Gasteiger partial charge in [-0.25, -0.2) is 4.57 Å². The second kappa shape index (κ2) is 8.83. The zero-order valence-electron chi connectivity index (χ0n) is 18.1. The number of anilines is 1. The van der Waals surface area contributed by atoms with Crippen LogP contribution in [0.1, 0.15) is 47.2 Å². The molecule has 0 bridgehead atoms. The standard InChI is InChI=1S/C23H23N7O2S/c24-11-16-9-17-15(1-2-18(17)32)10-19(16)33-23-27-20-21(25)26-12-30(22(20)28-23)8-5-14-3-6-29(13-31)7-4-14/h9-10,12-14H,1-8H2,(H2,25,27,28)/p+1. The van der Waals surface area contributed by atoms with Crippen molar-refractivity contribution in [3.63, 3.8) is 0 Å². The number of H-pyrrole nitrogens is 1. The molecule has 1 aliphatic heterocycles. The maximum Gasteiger partial charge on any atom is 0.294 e. The van der Waals surface area contributed by atoms with Crippen molar-refractivity contribution >= 4 is 40.9 Å². The minimum absolute atomic E-state index is 0.0958. The monoisotopic (exact) mass is 462 g/mol. The number of likely N-dealkylation sites (tertiary alicyclic amines) is 1. The molecule has 5 rings (SSSR count). The number of nitrogen functional groups attached to an aromatic ring is 1. The molecule has 1 amide bonds. The van der Waals surface area contributed by atoms with Gasteiger partial charge in [0.25, 0.3) is 5.65 Å². The van der Waals surface area contributed by atoms with Gasteiger partial charge in [0.05, 0.1) is 12.1 Å². The van der Waals surface area contributed by atoms with Crippen LogP contribution < -0.4 is 10.3 Å². The lowest BCUT2D eigenvalue weighted by Crippen LogP contribution is -2.38. The first-order chi connectivity index (χ1) is 16.1. The molecule has 0 atom stereocenters. The Bertz CT molecular complexity index is 1290. The molecule has 33 heavy (non-hydrogen) atoms. The molecule has 0 spiro atoms. The van der Waals surface area contributed by atoms with Crippen LogP contribution in [0.3, 0.4) is 0 Å². The van der Waals surface area contributed by atoms with E-state index >= 15 is 0 Å². The van der Waals surface area contributed by atoms with Crippen molar-refractivity contribution < 1.29 is 14.2 Å². The molecule has 1 saturated heterocycles. The Hall–Kier alpha value is -3.45. The molecule has 1 aromatic carbocycles. The summed E-state index contributed by atoms with van der Waals surface area (Å²) < 4.78 is 2.00. The van der Waals surface area contributed by atoms with Crippen LogP contribution in [0, 0.1) is 17.2 Å². The van der Waals surface area contributed by atoms with Crippen LogP contribution in [0.5, 0.6) is 0 Å². The number of hydrogen-bond acceptors (Lipinski definition) is 7. The summed E-state index contributed by atoms with van der Waals surface area (Å²) in [6.07, 6.45) is 6.83. The third-order valence-corrected chi connectivity index (χ3v) is 7.50. The predicted molar refractivity (Wildman–Crippen MR) is 121 cm³/mol. The molecule has 2 aliphatic rings. The Kier molecular flexibility index (Phi) is 5.72. The molecule has 0 saturated carbocycles. The largest absolute Gasteiger partial charge is 0.368 e. The molecule has 3 heterocycles. The van der Waals surface area contributed by atoms with E-state index in [1.165, 1.54) is 11.8 Å². The lowest BCUT2D eigenvalue weighted by molar-refractivity contribution is -0.677. The molecule has 3 N–H and O–H groups in total. The summed E-state index contributed by atoms with van der Waals surface area (Å²) in [5, 5.41) is 10.2. The van der Waals surface area contributed by atoms with Gasteiger partial charge in [0.15, 0.2) is 11.3 Å². The zero-order chi connectivity index (χ0) is 22.9. The average molecular weight is 463 g/mol. The van der Waals surface area contributed by atoms with E-state index in [0.717, 1.165) is 61.4 Å². The maximum atomic E-state index is 12.0. The highest BCUT2D eigenvalue weighted by molar-refractivity contribution is 7.99. The number of ketones is 1. The Morgan fingerprint density at radius 3 is 2.91 bits per heavy atom. The number of piperidine rings is 1. The number of nitrogens with zero attached hydrogens (tertiary/aromatic N) is 5. The smallest absolute Gasteiger partial charge is 0.294 e. The van der Waals surface area contributed by atoms with Gasteiger partial charge in [-0.3, -0.25) is 9.59 Å². The van der Waals surface area contributed by atoms with E-state index < -0.39 is 0 Å². The van der Waals surface area contributed by atoms with Crippen molar-refractivity contribution in [2.75, 3.05) is 18.8 Å². The van der Waals surface area contributed by atoms with Crippen LogP contribution in [-0.4, -0.2) is 45.1 Å². The molecule has 10 heteroatoms. The van der Waals surface area contributed by atoms with Crippen LogP contribution in [0.15, 0.2) is 28.5 Å². The van der Waals surface area contributed by atoms with Crippen molar-refractivity contribution in [2.24, 2.45) is 5.92 Å². The van der Waals surface area contributed by atoms with Crippen molar-refractivity contribution in [3.05, 3.63) is 35.2 Å². The van der Waals surface area contributed by atoms with Gasteiger partial charge in [0.2, 0.25) is 23.7 Å². The molecular weight excluding hydrogens is 438 g/mol. The summed E-state index contributed by atoms with van der Waals surface area (Å²) in [7, 11) is 0. The highest BCUT2D eigenvalue weighted by atomic mass is 32.2. The number of amides is 1. The topological polar surface area (TPSA) is 133 Å². The SMILES string of the molecule is N#Cc1cc2c(cc1Sc1nc3c([nH]1)c(N)nc[n+]3CCC1CCN(C=O)CC1)CCC2=O. The number of nitrogens with two attached hydrogens (primary N) is 1. The van der Waals surface area contributed by atoms with Gasteiger partial charge in [-0.2, -0.15) is 5.26 Å². The number of benzene rings is 1. The van der Waals surface area contributed by atoms with Gasteiger partial charge in [0, 0.05) is 30.0 Å². The molecule has 3 aromatic rings. The van der Waals surface area contributed by atoms with E-state index in [1.54, 1.807) is 12.4 Å². The first-order valence-electron chi connectivity index (χ1n) is 11.1. The molecule has 2 aromatic heterocycles. The maximum absolute atomic E-state index is 12.0. The molecule has 0 unspecified atom stereocenters. The van der Waals surface area contributed by atoms with Gasteiger partial charge in [-0.15, -0.1) is 0 Å². The summed E-state index contributed by atoms with van der Waals surface area (Å²) >= 11 is 1.36. The Morgan fingerprint density at radius 1 is 1.33 bits per heavy atom. The van der Waals surface area contributed by atoms with E-state index in [2.05, 4.69) is 16.0 Å². The summed E-state index contributed by atoms with van der Waals surface area (Å²) in [6.45, 7) is 2.38. The summed E-state index contributed by atoms with van der Waals surface area (Å²) in [5.41, 5.74) is 9.62. The van der Waals surface area contributed by atoms with Gasteiger partial charge in [-0.05, 0) is 61.1 Å². The number of aromatic nitrogens is 4. The minimum Gasteiger partial charge on any atom is -0.368 e. The van der Waals surface area contributed by atoms with Crippen molar-refractivity contribution in [1.82, 2.24) is 19.9 Å². The average Bonchev–Trinajstić information content (AvgIpc) is 3.42. The quantitative estimate of drug-likeness (QED) is 0.424. The second-order valence-corrected chi connectivity index (χ2v) is 9.61. The number of carbonyl (C=O) groups is 2. The molecular formula is C23H24N7O2S+. The van der Waals surface area contributed by atoms with Gasteiger partial charge < -0.3 is 15.6 Å². The Morgan fingerprint density at radius 2 is 2.15 bits per heavy atom. The molecule has 168 valence electrons. The Labute approximate surface area is 195 Å². The van der Waals surface area contributed by atoms with Crippen LogP contribution in [0.2, 0.25) is 0 Å². The summed E-state index contributed by atoms with van der Waals surface area (Å²) in [5.74, 6) is 1.03. The summed E-state index contributed by atoms with van der Waals surface area (Å²) in [4.78, 5) is 37.9. The Balaban J connectivity index is 1.38. The van der Waals surface area contributed by atoms with Crippen molar-refractivity contribution in [1.29, 1.82) is 5.26 Å². The van der Waals surface area contributed by atoms with E-state index in [4.69, 9.17) is 10.7 Å². The fourth-order valence-corrected chi connectivity index (χ4v) is 5.52. The number of imidazole rings is 1. The van der Waals surface area contributed by atoms with E-state index in [0.29, 0.717) is 46.4 Å². The highest BCUT2D eigenvalue weighted by Crippen LogP contribution is 2.34. The van der Waals surface area contributed by atoms with Crippen molar-refractivity contribution in [2.45, 2.75) is 48.7 Å². The lowest BCUT2D eigenvalue weighted by atomic mass is 9.94. The predicted octanol–water partition coefficient (Wildman–Crippen LogP) is 2.24. The molecule has 0 radical (unpaired) electrons. The van der Waals surface area contributed by atoms with Gasteiger partial charge in [-0.1, -0.05) is 9.97 Å². The normalized spacial score (nSPS) is 16.2. The van der Waals surface area contributed by atoms with Crippen LogP contribution in [0.25, 0.3) is 11.2 Å².